The third-order valence-corrected chi connectivity index (χ3v) is 8.87. The van der Waals surface area contributed by atoms with Crippen LogP contribution in [-0.4, -0.2) is 73.2 Å². The van der Waals surface area contributed by atoms with E-state index in [1.165, 1.54) is 11.4 Å². The quantitative estimate of drug-likeness (QED) is 0.679. The Bertz CT molecular complexity index is 1080. The molecule has 0 spiro atoms. The van der Waals surface area contributed by atoms with Crippen molar-refractivity contribution in [2.45, 2.75) is 56.1 Å². The Balaban J connectivity index is 1.49. The Morgan fingerprint density at radius 3 is 2.32 bits per heavy atom. The van der Waals surface area contributed by atoms with Crippen LogP contribution < -0.4 is 0 Å². The van der Waals surface area contributed by atoms with Crippen LogP contribution in [0.15, 0.2) is 41.3 Å². The highest BCUT2D eigenvalue weighted by Crippen LogP contribution is 2.29. The largest absolute Gasteiger partial charge is 0.338 e. The first kappa shape index (κ1) is 22.5. The summed E-state index contributed by atoms with van der Waals surface area (Å²) in [6, 6.07) is 10.4. The van der Waals surface area contributed by atoms with Gasteiger partial charge in [0, 0.05) is 43.8 Å². The number of sulfonamides is 1. The van der Waals surface area contributed by atoms with E-state index in [1.807, 2.05) is 11.0 Å². The Labute approximate surface area is 189 Å². The zero-order valence-electron chi connectivity index (χ0n) is 18.3. The number of hydrogen-bond acceptors (Lipinski definition) is 4. The highest BCUT2D eigenvalue weighted by atomic mass is 35.5. The normalized spacial score (nSPS) is 21.7. The Hall–Kier alpha value is -1.67. The minimum Gasteiger partial charge on any atom is -0.338 e. The second-order valence-corrected chi connectivity index (χ2v) is 11.3. The van der Waals surface area contributed by atoms with Crippen molar-refractivity contribution in [2.75, 3.05) is 26.7 Å². The number of carbonyl (C=O) groups excluding carboxylic acids is 1. The van der Waals surface area contributed by atoms with Gasteiger partial charge in [-0.3, -0.25) is 4.79 Å². The number of halogens is 1. The molecule has 0 aromatic heterocycles. The average Bonchev–Trinajstić information content (AvgIpc) is 3.13. The number of benzene rings is 2. The summed E-state index contributed by atoms with van der Waals surface area (Å²) in [4.78, 5) is 17.7. The number of carbonyl (C=O) groups is 1. The lowest BCUT2D eigenvalue weighted by atomic mass is 10.0. The number of fused-ring (bicyclic) bond motifs is 1. The monoisotopic (exact) mass is 463 g/mol. The van der Waals surface area contributed by atoms with Crippen molar-refractivity contribution in [2.24, 2.45) is 0 Å². The lowest BCUT2D eigenvalue weighted by Crippen LogP contribution is -2.49. The van der Waals surface area contributed by atoms with E-state index in [4.69, 9.17) is 11.6 Å². The zero-order valence-corrected chi connectivity index (χ0v) is 19.9. The van der Waals surface area contributed by atoms with Gasteiger partial charge in [-0.2, -0.15) is 4.31 Å². The van der Waals surface area contributed by atoms with Crippen LogP contribution >= 0.6 is 11.6 Å². The molecule has 2 aromatic carbocycles. The molecule has 0 aliphatic carbocycles. The van der Waals surface area contributed by atoms with Gasteiger partial charge >= 0.3 is 0 Å². The molecular weight excluding hydrogens is 434 g/mol. The van der Waals surface area contributed by atoms with Crippen molar-refractivity contribution in [1.29, 1.82) is 0 Å². The second-order valence-electron chi connectivity index (χ2n) is 8.87. The maximum absolute atomic E-state index is 13.3. The molecule has 1 amide bonds. The molecule has 6 nitrogen and oxygen atoms in total. The Morgan fingerprint density at radius 2 is 1.65 bits per heavy atom. The van der Waals surface area contributed by atoms with E-state index in [0.29, 0.717) is 24.0 Å². The number of hydrogen-bond donors (Lipinski definition) is 0. The molecule has 0 bridgehead atoms. The van der Waals surface area contributed by atoms with Crippen LogP contribution in [0.5, 0.6) is 0 Å². The van der Waals surface area contributed by atoms with Gasteiger partial charge in [0.05, 0.1) is 4.90 Å². The molecule has 2 fully saturated rings. The molecule has 0 radical (unpaired) electrons. The Kier molecular flexibility index (Phi) is 6.32. The van der Waals surface area contributed by atoms with E-state index in [1.54, 1.807) is 30.3 Å². The van der Waals surface area contributed by atoms with Crippen LogP contribution in [0.3, 0.4) is 0 Å². The molecule has 31 heavy (non-hydrogen) atoms. The molecule has 2 aromatic rings. The standard InChI is InChI=1S/C23H30ClN3O3S/c1-16(2)26-11-8-20(9-12-26)27-13-10-22(23(27)28)25(3)31(29,30)21-7-5-17-14-19(24)6-4-18(17)15-21/h4-7,14-16,20,22H,8-13H2,1-3H3/t22-/m0/s1. The molecule has 2 saturated heterocycles. The number of piperidine rings is 1. The van der Waals surface area contributed by atoms with Crippen LogP contribution in [-0.2, 0) is 14.8 Å². The molecule has 168 valence electrons. The van der Waals surface area contributed by atoms with Gasteiger partial charge in [0.1, 0.15) is 6.04 Å². The summed E-state index contributed by atoms with van der Waals surface area (Å²) in [5.41, 5.74) is 0. The summed E-state index contributed by atoms with van der Waals surface area (Å²) < 4.78 is 27.9. The van der Waals surface area contributed by atoms with Gasteiger partial charge < -0.3 is 9.80 Å². The van der Waals surface area contributed by atoms with Crippen molar-refractivity contribution in [3.63, 3.8) is 0 Å². The van der Waals surface area contributed by atoms with Crippen molar-refractivity contribution in [1.82, 2.24) is 14.1 Å². The summed E-state index contributed by atoms with van der Waals surface area (Å²) >= 11 is 6.03. The summed E-state index contributed by atoms with van der Waals surface area (Å²) in [5.74, 6) is -0.0679. The molecule has 2 aliphatic heterocycles. The predicted octanol–water partition coefficient (Wildman–Crippen LogP) is 3.59. The summed E-state index contributed by atoms with van der Waals surface area (Å²) in [7, 11) is -2.26. The van der Waals surface area contributed by atoms with Crippen LogP contribution in [0.4, 0.5) is 0 Å². The summed E-state index contributed by atoms with van der Waals surface area (Å²) in [6.45, 7) is 6.96. The van der Waals surface area contributed by atoms with E-state index in [0.717, 1.165) is 36.7 Å². The first-order valence-electron chi connectivity index (χ1n) is 10.9. The highest BCUT2D eigenvalue weighted by Gasteiger charge is 2.42. The minimum absolute atomic E-state index is 0.0679. The number of likely N-dealkylation sites (N-methyl/N-ethyl adjacent to an activating group) is 1. The molecule has 0 saturated carbocycles. The van der Waals surface area contributed by atoms with Crippen LogP contribution in [0.25, 0.3) is 10.8 Å². The fourth-order valence-electron chi connectivity index (χ4n) is 4.79. The van der Waals surface area contributed by atoms with Gasteiger partial charge in [0.2, 0.25) is 15.9 Å². The number of amides is 1. The fourth-order valence-corrected chi connectivity index (χ4v) is 6.35. The first-order valence-corrected chi connectivity index (χ1v) is 12.7. The molecule has 8 heteroatoms. The smallest absolute Gasteiger partial charge is 0.243 e. The van der Waals surface area contributed by atoms with Crippen molar-refractivity contribution in [3.05, 3.63) is 41.4 Å². The maximum Gasteiger partial charge on any atom is 0.243 e. The predicted molar refractivity (Wildman–Crippen MR) is 124 cm³/mol. The van der Waals surface area contributed by atoms with Gasteiger partial charge in [-0.25, -0.2) is 8.42 Å². The van der Waals surface area contributed by atoms with Gasteiger partial charge in [-0.1, -0.05) is 23.7 Å². The number of nitrogens with zero attached hydrogens (tertiary/aromatic N) is 3. The van der Waals surface area contributed by atoms with Crippen molar-refractivity contribution >= 4 is 38.3 Å². The fraction of sp³-hybridized carbons (Fsp3) is 0.522. The van der Waals surface area contributed by atoms with Gasteiger partial charge in [0.25, 0.3) is 0 Å². The third kappa shape index (κ3) is 4.33. The number of likely N-dealkylation sites (tertiary alicyclic amines) is 2. The van der Waals surface area contributed by atoms with E-state index < -0.39 is 16.1 Å². The maximum atomic E-state index is 13.3. The van der Waals surface area contributed by atoms with E-state index in [2.05, 4.69) is 18.7 Å². The summed E-state index contributed by atoms with van der Waals surface area (Å²) in [5, 5.41) is 2.29. The Morgan fingerprint density at radius 1 is 1.00 bits per heavy atom. The molecule has 2 aliphatic rings. The van der Waals surface area contributed by atoms with Crippen molar-refractivity contribution in [3.8, 4) is 0 Å². The second kappa shape index (κ2) is 8.70. The number of rotatable bonds is 5. The first-order chi connectivity index (χ1) is 14.7. The zero-order chi connectivity index (χ0) is 22.3. The topological polar surface area (TPSA) is 60.9 Å². The molecule has 4 rings (SSSR count). The molecule has 0 N–H and O–H groups in total. The summed E-state index contributed by atoms with van der Waals surface area (Å²) in [6.07, 6.45) is 2.42. The lowest BCUT2D eigenvalue weighted by molar-refractivity contribution is -0.133. The van der Waals surface area contributed by atoms with E-state index in [9.17, 15) is 13.2 Å². The highest BCUT2D eigenvalue weighted by molar-refractivity contribution is 7.89. The molecule has 0 unspecified atom stereocenters. The minimum atomic E-state index is -3.79. The van der Waals surface area contributed by atoms with Gasteiger partial charge in [0.15, 0.2) is 0 Å². The van der Waals surface area contributed by atoms with Crippen LogP contribution in [0.1, 0.15) is 33.1 Å². The molecular formula is C23H30ClN3O3S. The van der Waals surface area contributed by atoms with Crippen LogP contribution in [0.2, 0.25) is 5.02 Å². The van der Waals surface area contributed by atoms with E-state index >= 15 is 0 Å². The SMILES string of the molecule is CC(C)N1CCC(N2CC[C@H](N(C)S(=O)(=O)c3ccc4cc(Cl)ccc4c3)C2=O)CC1. The van der Waals surface area contributed by atoms with Gasteiger partial charge in [-0.15, -0.1) is 0 Å². The van der Waals surface area contributed by atoms with E-state index in [-0.39, 0.29) is 16.8 Å². The van der Waals surface area contributed by atoms with Crippen molar-refractivity contribution < 1.29 is 13.2 Å². The average molecular weight is 464 g/mol. The van der Waals surface area contributed by atoms with Crippen LogP contribution in [0, 0.1) is 0 Å². The third-order valence-electron chi connectivity index (χ3n) is 6.77. The lowest BCUT2D eigenvalue weighted by Gasteiger charge is -2.38. The molecule has 1 atom stereocenters. The molecule has 2 heterocycles. The van der Waals surface area contributed by atoms with Gasteiger partial charge in [-0.05, 0) is 68.1 Å².